The zero-order chi connectivity index (χ0) is 17.7. The maximum atomic E-state index is 12.1. The van der Waals surface area contributed by atoms with Gasteiger partial charge in [-0.15, -0.1) is 0 Å². The molecule has 0 aliphatic carbocycles. The lowest BCUT2D eigenvalue weighted by Gasteiger charge is -2.30. The van der Waals surface area contributed by atoms with E-state index in [1.54, 1.807) is 12.1 Å². The van der Waals surface area contributed by atoms with E-state index in [1.807, 2.05) is 11.8 Å². The van der Waals surface area contributed by atoms with Crippen molar-refractivity contribution in [3.8, 4) is 5.75 Å². The van der Waals surface area contributed by atoms with E-state index < -0.39 is 16.4 Å². The zero-order valence-corrected chi connectivity index (χ0v) is 14.9. The lowest BCUT2D eigenvalue weighted by Crippen LogP contribution is -2.43. The fourth-order valence-electron chi connectivity index (χ4n) is 2.63. The van der Waals surface area contributed by atoms with Crippen molar-refractivity contribution in [1.29, 1.82) is 0 Å². The molecule has 0 amide bonds. The number of benzene rings is 1. The molecular formula is C15H20F2N2O3S2. The van der Waals surface area contributed by atoms with Gasteiger partial charge in [0.1, 0.15) is 5.75 Å². The Hall–Kier alpha value is -1.48. The summed E-state index contributed by atoms with van der Waals surface area (Å²) in [4.78, 5) is 1.89. The molecular weight excluding hydrogens is 358 g/mol. The van der Waals surface area contributed by atoms with Gasteiger partial charge < -0.3 is 15.0 Å². The minimum absolute atomic E-state index is 0.0637. The first kappa shape index (κ1) is 18.9. The van der Waals surface area contributed by atoms with E-state index in [4.69, 9.17) is 12.2 Å². The first-order valence-electron chi connectivity index (χ1n) is 7.63. The molecule has 1 heterocycles. The second-order valence-corrected chi connectivity index (χ2v) is 8.20. The second-order valence-electron chi connectivity index (χ2n) is 5.58. The molecule has 1 aromatic rings. The van der Waals surface area contributed by atoms with E-state index in [2.05, 4.69) is 10.1 Å². The van der Waals surface area contributed by atoms with Crippen molar-refractivity contribution in [2.24, 2.45) is 0 Å². The maximum absolute atomic E-state index is 12.1. The number of nitrogens with zero attached hydrogens (tertiary/aromatic N) is 1. The molecule has 5 nitrogen and oxygen atoms in total. The Balaban J connectivity index is 2.02. The smallest absolute Gasteiger partial charge is 0.387 e. The summed E-state index contributed by atoms with van der Waals surface area (Å²) < 4.78 is 52.0. The van der Waals surface area contributed by atoms with Gasteiger partial charge in [-0.05, 0) is 49.3 Å². The summed E-state index contributed by atoms with van der Waals surface area (Å²) in [7, 11) is -3.00. The van der Waals surface area contributed by atoms with Gasteiger partial charge in [0, 0.05) is 18.3 Å². The van der Waals surface area contributed by atoms with Crippen LogP contribution in [0.4, 0.5) is 14.5 Å². The Morgan fingerprint density at radius 1 is 1.42 bits per heavy atom. The number of sulfone groups is 1. The molecule has 1 aliphatic heterocycles. The monoisotopic (exact) mass is 378 g/mol. The van der Waals surface area contributed by atoms with Crippen LogP contribution in [-0.2, 0) is 9.84 Å². The Kier molecular flexibility index (Phi) is 6.34. The predicted octanol–water partition coefficient (Wildman–Crippen LogP) is 2.88. The average Bonchev–Trinajstić information content (AvgIpc) is 2.86. The van der Waals surface area contributed by atoms with Gasteiger partial charge in [0.15, 0.2) is 14.9 Å². The first-order valence-corrected chi connectivity index (χ1v) is 9.86. The third kappa shape index (κ3) is 5.27. The number of nitrogens with one attached hydrogen (secondary N) is 1. The number of hydrogen-bond acceptors (Lipinski definition) is 4. The number of anilines is 1. The summed E-state index contributed by atoms with van der Waals surface area (Å²) in [5.41, 5.74) is 0.628. The molecule has 2 rings (SSSR count). The van der Waals surface area contributed by atoms with Crippen molar-refractivity contribution in [3.05, 3.63) is 24.3 Å². The van der Waals surface area contributed by atoms with E-state index in [0.29, 0.717) is 23.8 Å². The van der Waals surface area contributed by atoms with Crippen molar-refractivity contribution in [3.63, 3.8) is 0 Å². The highest BCUT2D eigenvalue weighted by molar-refractivity contribution is 7.91. The average molecular weight is 378 g/mol. The topological polar surface area (TPSA) is 58.6 Å². The van der Waals surface area contributed by atoms with Crippen LogP contribution < -0.4 is 10.1 Å². The molecule has 0 saturated carbocycles. The number of thiocarbonyl (C=S) groups is 1. The number of halogens is 2. The Bertz CT molecular complexity index is 666. The predicted molar refractivity (Wildman–Crippen MR) is 93.4 cm³/mol. The standard InChI is InChI=1S/C15H20F2N2O3S2/c1-2-8-19(12-7-9-24(20,21)10-12)15(23)18-11-3-5-13(6-4-11)22-14(16)17/h3-6,12,14H,2,7-10H2,1H3,(H,18,23)/t12-/m0/s1. The van der Waals surface area contributed by atoms with Crippen LogP contribution >= 0.6 is 12.2 Å². The normalized spacial score (nSPS) is 19.2. The lowest BCUT2D eigenvalue weighted by molar-refractivity contribution is -0.0498. The van der Waals surface area contributed by atoms with Crippen LogP contribution in [0.1, 0.15) is 19.8 Å². The van der Waals surface area contributed by atoms with Gasteiger partial charge >= 0.3 is 6.61 Å². The molecule has 0 spiro atoms. The van der Waals surface area contributed by atoms with Crippen molar-refractivity contribution < 1.29 is 21.9 Å². The SMILES string of the molecule is CCCN(C(=S)Nc1ccc(OC(F)F)cc1)[C@H]1CCS(=O)(=O)C1. The number of hydrogen-bond donors (Lipinski definition) is 1. The highest BCUT2D eigenvalue weighted by Gasteiger charge is 2.33. The molecule has 0 radical (unpaired) electrons. The van der Waals surface area contributed by atoms with Gasteiger partial charge in [0.25, 0.3) is 0 Å². The summed E-state index contributed by atoms with van der Waals surface area (Å²) in [5, 5.41) is 3.46. The van der Waals surface area contributed by atoms with Gasteiger partial charge in [0.05, 0.1) is 11.5 Å². The van der Waals surface area contributed by atoms with Gasteiger partial charge in [-0.1, -0.05) is 6.92 Å². The van der Waals surface area contributed by atoms with E-state index in [-0.39, 0.29) is 23.3 Å². The minimum Gasteiger partial charge on any atom is -0.435 e. The Morgan fingerprint density at radius 3 is 2.58 bits per heavy atom. The maximum Gasteiger partial charge on any atom is 0.387 e. The lowest BCUT2D eigenvalue weighted by atomic mass is 10.2. The Morgan fingerprint density at radius 2 is 2.08 bits per heavy atom. The fraction of sp³-hybridized carbons (Fsp3) is 0.533. The van der Waals surface area contributed by atoms with Crippen molar-refractivity contribution in [2.75, 3.05) is 23.4 Å². The molecule has 1 aromatic carbocycles. The fourth-order valence-corrected chi connectivity index (χ4v) is 4.72. The minimum atomic E-state index is -3.00. The molecule has 0 bridgehead atoms. The molecule has 1 N–H and O–H groups in total. The molecule has 24 heavy (non-hydrogen) atoms. The van der Waals surface area contributed by atoms with E-state index in [0.717, 1.165) is 6.42 Å². The van der Waals surface area contributed by atoms with Crippen LogP contribution in [0.2, 0.25) is 0 Å². The van der Waals surface area contributed by atoms with E-state index >= 15 is 0 Å². The molecule has 1 saturated heterocycles. The molecule has 9 heteroatoms. The van der Waals surface area contributed by atoms with Gasteiger partial charge in [0.2, 0.25) is 0 Å². The quantitative estimate of drug-likeness (QED) is 0.768. The summed E-state index contributed by atoms with van der Waals surface area (Å²) >= 11 is 5.41. The summed E-state index contributed by atoms with van der Waals surface area (Å²) in [6, 6.07) is 5.87. The van der Waals surface area contributed by atoms with Crippen LogP contribution in [0.15, 0.2) is 24.3 Å². The third-order valence-corrected chi connectivity index (χ3v) is 5.79. The van der Waals surface area contributed by atoms with Crippen LogP contribution in [0.25, 0.3) is 0 Å². The van der Waals surface area contributed by atoms with E-state index in [9.17, 15) is 17.2 Å². The molecule has 134 valence electrons. The van der Waals surface area contributed by atoms with Crippen LogP contribution in [0.5, 0.6) is 5.75 Å². The van der Waals surface area contributed by atoms with Crippen LogP contribution in [0, 0.1) is 0 Å². The van der Waals surface area contributed by atoms with Crippen LogP contribution in [0.3, 0.4) is 0 Å². The Labute approximate surface area is 145 Å². The third-order valence-electron chi connectivity index (χ3n) is 3.71. The molecule has 0 unspecified atom stereocenters. The molecule has 1 aliphatic rings. The summed E-state index contributed by atoms with van der Waals surface area (Å²) in [6.07, 6.45) is 1.39. The molecule has 1 fully saturated rings. The summed E-state index contributed by atoms with van der Waals surface area (Å²) in [6.45, 7) is -0.219. The molecule has 0 aromatic heterocycles. The number of rotatable bonds is 6. The van der Waals surface area contributed by atoms with E-state index in [1.165, 1.54) is 12.1 Å². The largest absolute Gasteiger partial charge is 0.435 e. The molecule has 1 atom stereocenters. The highest BCUT2D eigenvalue weighted by Crippen LogP contribution is 2.21. The van der Waals surface area contributed by atoms with Crippen molar-refractivity contribution in [1.82, 2.24) is 4.90 Å². The van der Waals surface area contributed by atoms with Gasteiger partial charge in [-0.3, -0.25) is 0 Å². The number of ether oxygens (including phenoxy) is 1. The summed E-state index contributed by atoms with van der Waals surface area (Å²) in [5.74, 6) is 0.352. The van der Waals surface area contributed by atoms with Gasteiger partial charge in [-0.2, -0.15) is 8.78 Å². The van der Waals surface area contributed by atoms with Gasteiger partial charge in [-0.25, -0.2) is 8.42 Å². The number of alkyl halides is 2. The highest BCUT2D eigenvalue weighted by atomic mass is 32.2. The van der Waals surface area contributed by atoms with Crippen molar-refractivity contribution in [2.45, 2.75) is 32.4 Å². The first-order chi connectivity index (χ1) is 11.3. The second kappa shape index (κ2) is 8.06. The van der Waals surface area contributed by atoms with Crippen molar-refractivity contribution >= 4 is 32.9 Å². The zero-order valence-electron chi connectivity index (χ0n) is 13.2. The van der Waals surface area contributed by atoms with Crippen LogP contribution in [-0.4, -0.2) is 49.1 Å².